The van der Waals surface area contributed by atoms with E-state index in [1.165, 1.54) is 19.2 Å². The van der Waals surface area contributed by atoms with Gasteiger partial charge in [0.05, 0.1) is 23.5 Å². The van der Waals surface area contributed by atoms with Crippen molar-refractivity contribution in [2.24, 2.45) is 0 Å². The number of methoxy groups -OCH3 is 1. The molecule has 0 radical (unpaired) electrons. The van der Waals surface area contributed by atoms with E-state index in [1.54, 1.807) is 30.3 Å². The molecule has 0 unspecified atom stereocenters. The first kappa shape index (κ1) is 15.8. The Bertz CT molecular complexity index is 948. The lowest BCUT2D eigenvalue weighted by Gasteiger charge is -2.10. The van der Waals surface area contributed by atoms with Crippen molar-refractivity contribution in [2.45, 2.75) is 16.4 Å². The number of nitrogens with one attached hydrogen (secondary N) is 1. The molecule has 0 saturated heterocycles. The lowest BCUT2D eigenvalue weighted by Crippen LogP contribution is -2.13. The Morgan fingerprint density at radius 1 is 1.00 bits per heavy atom. The third kappa shape index (κ3) is 3.32. The molecule has 0 aromatic heterocycles. The minimum Gasteiger partial charge on any atom is -0.497 e. The maximum atomic E-state index is 12.4. The molecule has 1 aliphatic rings. The topological polar surface area (TPSA) is 89.5 Å². The SMILES string of the molecule is COc1ccc(S(=O)(=O)Nc2ccc3c(c2)CS(=O)(=O)C3)cc1. The van der Waals surface area contributed by atoms with Crippen molar-refractivity contribution in [3.8, 4) is 5.75 Å². The molecule has 2 aromatic rings. The molecule has 0 fully saturated rings. The molecule has 0 saturated carbocycles. The average molecular weight is 353 g/mol. The zero-order valence-corrected chi connectivity index (χ0v) is 13.9. The molecule has 0 atom stereocenters. The molecule has 0 spiro atoms. The average Bonchev–Trinajstić information content (AvgIpc) is 2.80. The van der Waals surface area contributed by atoms with E-state index in [9.17, 15) is 16.8 Å². The van der Waals surface area contributed by atoms with Crippen molar-refractivity contribution >= 4 is 25.5 Å². The quantitative estimate of drug-likeness (QED) is 0.907. The van der Waals surface area contributed by atoms with Crippen molar-refractivity contribution in [1.29, 1.82) is 0 Å². The molecule has 8 heteroatoms. The highest BCUT2D eigenvalue weighted by molar-refractivity contribution is 7.92. The van der Waals surface area contributed by atoms with Crippen molar-refractivity contribution < 1.29 is 21.6 Å². The van der Waals surface area contributed by atoms with E-state index in [2.05, 4.69) is 4.72 Å². The number of rotatable bonds is 4. The first-order valence-electron chi connectivity index (χ1n) is 6.78. The highest BCUT2D eigenvalue weighted by Gasteiger charge is 2.25. The maximum Gasteiger partial charge on any atom is 0.261 e. The van der Waals surface area contributed by atoms with E-state index in [0.717, 1.165) is 5.56 Å². The lowest BCUT2D eigenvalue weighted by molar-refractivity contribution is 0.414. The number of ether oxygens (including phenoxy) is 1. The predicted octanol–water partition coefficient (Wildman–Crippen LogP) is 1.92. The van der Waals surface area contributed by atoms with Crippen LogP contribution in [0.2, 0.25) is 0 Å². The van der Waals surface area contributed by atoms with E-state index in [1.807, 2.05) is 0 Å². The van der Waals surface area contributed by atoms with Crippen molar-refractivity contribution in [2.75, 3.05) is 11.8 Å². The van der Waals surface area contributed by atoms with Gasteiger partial charge in [-0.2, -0.15) is 0 Å². The third-order valence-electron chi connectivity index (χ3n) is 3.58. The summed E-state index contributed by atoms with van der Waals surface area (Å²) in [6.07, 6.45) is 0. The largest absolute Gasteiger partial charge is 0.497 e. The molecule has 2 aromatic carbocycles. The van der Waals surface area contributed by atoms with Crippen LogP contribution < -0.4 is 9.46 Å². The van der Waals surface area contributed by atoms with Gasteiger partial charge >= 0.3 is 0 Å². The fourth-order valence-electron chi connectivity index (χ4n) is 2.46. The monoisotopic (exact) mass is 353 g/mol. The van der Waals surface area contributed by atoms with Crippen LogP contribution >= 0.6 is 0 Å². The van der Waals surface area contributed by atoms with Crippen LogP contribution in [-0.4, -0.2) is 23.9 Å². The van der Waals surface area contributed by atoms with Gasteiger partial charge in [-0.25, -0.2) is 16.8 Å². The normalized spacial score (nSPS) is 15.9. The van der Waals surface area contributed by atoms with Gasteiger partial charge in [0.15, 0.2) is 9.84 Å². The molecule has 0 aliphatic carbocycles. The van der Waals surface area contributed by atoms with Gasteiger partial charge in [-0.15, -0.1) is 0 Å². The number of sulfone groups is 1. The van der Waals surface area contributed by atoms with Gasteiger partial charge in [0.2, 0.25) is 0 Å². The number of hydrogen-bond donors (Lipinski definition) is 1. The van der Waals surface area contributed by atoms with Crippen LogP contribution in [0.4, 0.5) is 5.69 Å². The molecule has 122 valence electrons. The van der Waals surface area contributed by atoms with Gasteiger partial charge in [0.1, 0.15) is 5.75 Å². The first-order chi connectivity index (χ1) is 10.8. The van der Waals surface area contributed by atoms with Gasteiger partial charge in [-0.05, 0) is 47.5 Å². The van der Waals surface area contributed by atoms with Crippen LogP contribution in [0.1, 0.15) is 11.1 Å². The van der Waals surface area contributed by atoms with Gasteiger partial charge in [0, 0.05) is 5.69 Å². The Hall–Kier alpha value is -2.06. The summed E-state index contributed by atoms with van der Waals surface area (Å²) in [7, 11) is -5.36. The first-order valence-corrected chi connectivity index (χ1v) is 10.1. The van der Waals surface area contributed by atoms with Crippen LogP contribution in [0.15, 0.2) is 47.4 Å². The fourth-order valence-corrected chi connectivity index (χ4v) is 5.11. The fraction of sp³-hybridized carbons (Fsp3) is 0.200. The van der Waals surface area contributed by atoms with Crippen LogP contribution in [0.25, 0.3) is 0 Å². The van der Waals surface area contributed by atoms with E-state index in [-0.39, 0.29) is 16.4 Å². The van der Waals surface area contributed by atoms with Gasteiger partial charge < -0.3 is 4.74 Å². The Kier molecular flexibility index (Phi) is 3.81. The Morgan fingerprint density at radius 2 is 1.65 bits per heavy atom. The summed E-state index contributed by atoms with van der Waals surface area (Å²) in [5.74, 6) is 0.514. The summed E-state index contributed by atoms with van der Waals surface area (Å²) in [6, 6.07) is 10.8. The highest BCUT2D eigenvalue weighted by Crippen LogP contribution is 2.28. The third-order valence-corrected chi connectivity index (χ3v) is 6.48. The molecule has 23 heavy (non-hydrogen) atoms. The minimum atomic E-state index is -3.74. The van der Waals surface area contributed by atoms with Crippen LogP contribution in [-0.2, 0) is 31.4 Å². The molecular formula is C15H15NO5S2. The van der Waals surface area contributed by atoms with E-state index in [0.29, 0.717) is 17.0 Å². The molecule has 0 amide bonds. The highest BCUT2D eigenvalue weighted by atomic mass is 32.2. The van der Waals surface area contributed by atoms with Crippen LogP contribution in [0.3, 0.4) is 0 Å². The van der Waals surface area contributed by atoms with E-state index < -0.39 is 19.9 Å². The summed E-state index contributed by atoms with van der Waals surface area (Å²) in [6.45, 7) is 0. The zero-order valence-electron chi connectivity index (χ0n) is 12.3. The van der Waals surface area contributed by atoms with Gasteiger partial charge in [-0.1, -0.05) is 6.07 Å². The zero-order chi connectivity index (χ0) is 16.7. The van der Waals surface area contributed by atoms with E-state index >= 15 is 0 Å². The summed E-state index contributed by atoms with van der Waals surface area (Å²) in [5.41, 5.74) is 1.70. The molecule has 1 aliphatic heterocycles. The smallest absolute Gasteiger partial charge is 0.261 e. The summed E-state index contributed by atoms with van der Waals surface area (Å²) in [5, 5.41) is 0. The second kappa shape index (κ2) is 5.54. The molecule has 1 N–H and O–H groups in total. The van der Waals surface area contributed by atoms with Crippen LogP contribution in [0, 0.1) is 0 Å². The second-order valence-corrected chi connectivity index (χ2v) is 9.04. The standard InChI is InChI=1S/C15H15NO5S2/c1-21-14-4-6-15(7-5-14)23(19,20)16-13-3-2-11-9-22(17,18)10-12(11)8-13/h2-8,16H,9-10H2,1H3. The summed E-state index contributed by atoms with van der Waals surface area (Å²) >= 11 is 0. The number of sulfonamides is 1. The van der Waals surface area contributed by atoms with Crippen molar-refractivity contribution in [1.82, 2.24) is 0 Å². The van der Waals surface area contributed by atoms with Gasteiger partial charge in [0.25, 0.3) is 10.0 Å². The van der Waals surface area contributed by atoms with Crippen molar-refractivity contribution in [3.05, 3.63) is 53.6 Å². The van der Waals surface area contributed by atoms with Crippen molar-refractivity contribution in [3.63, 3.8) is 0 Å². The summed E-state index contributed by atoms with van der Waals surface area (Å²) in [4.78, 5) is 0.103. The minimum absolute atomic E-state index is 0.00778. The number of hydrogen-bond acceptors (Lipinski definition) is 5. The molecule has 0 bridgehead atoms. The molecule has 1 heterocycles. The maximum absolute atomic E-state index is 12.4. The Morgan fingerprint density at radius 3 is 2.30 bits per heavy atom. The number of anilines is 1. The Labute approximate surface area is 135 Å². The lowest BCUT2D eigenvalue weighted by atomic mass is 10.1. The number of fused-ring (bicyclic) bond motifs is 1. The van der Waals surface area contributed by atoms with E-state index in [4.69, 9.17) is 4.74 Å². The molecule has 3 rings (SSSR count). The number of benzene rings is 2. The molecule has 6 nitrogen and oxygen atoms in total. The van der Waals surface area contributed by atoms with Gasteiger partial charge in [-0.3, -0.25) is 4.72 Å². The second-order valence-electron chi connectivity index (χ2n) is 5.30. The summed E-state index contributed by atoms with van der Waals surface area (Å²) < 4.78 is 55.4. The Balaban J connectivity index is 1.87. The van der Waals surface area contributed by atoms with Crippen LogP contribution in [0.5, 0.6) is 5.75 Å². The molecular weight excluding hydrogens is 338 g/mol. The predicted molar refractivity (Wildman–Crippen MR) is 86.6 cm³/mol.